The maximum absolute atomic E-state index is 11.2. The Kier molecular flexibility index (Phi) is 9.36. The lowest BCUT2D eigenvalue weighted by Gasteiger charge is -2.27. The van der Waals surface area contributed by atoms with Crippen LogP contribution in [0, 0.1) is 5.92 Å². The van der Waals surface area contributed by atoms with E-state index in [0.29, 0.717) is 12.0 Å². The Labute approximate surface area is 101 Å². The Morgan fingerprint density at radius 3 is 2.06 bits per heavy atom. The molecule has 0 aromatic rings. The quantitative estimate of drug-likeness (QED) is 0.636. The highest BCUT2D eigenvalue weighted by Gasteiger charge is 2.19. The highest BCUT2D eigenvalue weighted by atomic mass is 16.1. The summed E-state index contributed by atoms with van der Waals surface area (Å²) < 4.78 is 0. The van der Waals surface area contributed by atoms with Gasteiger partial charge < -0.3 is 5.32 Å². The lowest BCUT2D eigenvalue weighted by Crippen LogP contribution is -2.39. The number of carbonyl (C=O) groups is 1. The number of unbranched alkanes of at least 4 members (excludes halogenated alkanes) is 2. The monoisotopic (exact) mass is 227 g/mol. The minimum atomic E-state index is 0.121. The van der Waals surface area contributed by atoms with Gasteiger partial charge in [-0.05, 0) is 18.8 Å². The van der Waals surface area contributed by atoms with Gasteiger partial charge in [-0.2, -0.15) is 0 Å². The van der Waals surface area contributed by atoms with E-state index in [0.717, 1.165) is 6.42 Å². The van der Waals surface area contributed by atoms with Gasteiger partial charge in [0.15, 0.2) is 0 Å². The number of amides is 1. The van der Waals surface area contributed by atoms with Gasteiger partial charge in [-0.15, -0.1) is 0 Å². The van der Waals surface area contributed by atoms with Crippen molar-refractivity contribution in [2.24, 2.45) is 5.92 Å². The van der Waals surface area contributed by atoms with E-state index in [1.807, 2.05) is 0 Å². The lowest BCUT2D eigenvalue weighted by molar-refractivity contribution is -0.120. The molecule has 0 radical (unpaired) electrons. The molecule has 0 saturated carbocycles. The van der Waals surface area contributed by atoms with Crippen molar-refractivity contribution < 1.29 is 4.79 Å². The van der Waals surface area contributed by atoms with Crippen molar-refractivity contribution in [3.63, 3.8) is 0 Å². The molecule has 2 heteroatoms. The van der Waals surface area contributed by atoms with Crippen molar-refractivity contribution in [3.05, 3.63) is 0 Å². The van der Waals surface area contributed by atoms with Crippen molar-refractivity contribution in [3.8, 4) is 0 Å². The fourth-order valence-electron chi connectivity index (χ4n) is 2.27. The summed E-state index contributed by atoms with van der Waals surface area (Å²) in [4.78, 5) is 11.2. The molecule has 0 aromatic carbocycles. The minimum absolute atomic E-state index is 0.121. The molecule has 2 nitrogen and oxygen atoms in total. The third kappa shape index (κ3) is 6.86. The van der Waals surface area contributed by atoms with E-state index in [9.17, 15) is 4.79 Å². The number of nitrogens with one attached hydrogen (secondary N) is 1. The zero-order chi connectivity index (χ0) is 12.4. The molecule has 2 unspecified atom stereocenters. The van der Waals surface area contributed by atoms with E-state index < -0.39 is 0 Å². The van der Waals surface area contributed by atoms with E-state index in [2.05, 4.69) is 26.1 Å². The maximum atomic E-state index is 11.2. The predicted molar refractivity (Wildman–Crippen MR) is 70.4 cm³/mol. The van der Waals surface area contributed by atoms with Crippen LogP contribution in [0.4, 0.5) is 0 Å². The van der Waals surface area contributed by atoms with Crippen molar-refractivity contribution in [2.45, 2.75) is 78.7 Å². The van der Waals surface area contributed by atoms with Crippen molar-refractivity contribution in [2.75, 3.05) is 0 Å². The van der Waals surface area contributed by atoms with E-state index in [1.54, 1.807) is 6.92 Å². The largest absolute Gasteiger partial charge is 0.353 e. The average molecular weight is 227 g/mol. The summed E-state index contributed by atoms with van der Waals surface area (Å²) in [5.74, 6) is 0.784. The Bertz CT molecular complexity index is 180. The Balaban J connectivity index is 4.23. The number of rotatable bonds is 9. The second-order valence-electron chi connectivity index (χ2n) is 4.76. The molecule has 0 spiro atoms. The van der Waals surface area contributed by atoms with Gasteiger partial charge in [0.05, 0.1) is 0 Å². The SMILES string of the molecule is CCCCC(CC)C(CCCC)NC(C)=O. The van der Waals surface area contributed by atoms with Crippen LogP contribution < -0.4 is 5.32 Å². The molecule has 0 aromatic heterocycles. The van der Waals surface area contributed by atoms with Gasteiger partial charge in [0.1, 0.15) is 0 Å². The molecular formula is C14H29NO. The van der Waals surface area contributed by atoms with E-state index in [-0.39, 0.29) is 5.91 Å². The maximum Gasteiger partial charge on any atom is 0.217 e. The molecule has 0 aliphatic heterocycles. The van der Waals surface area contributed by atoms with Crippen molar-refractivity contribution in [1.82, 2.24) is 5.32 Å². The molecule has 0 rings (SSSR count). The second kappa shape index (κ2) is 9.68. The van der Waals surface area contributed by atoms with Crippen molar-refractivity contribution >= 4 is 5.91 Å². The van der Waals surface area contributed by atoms with Gasteiger partial charge in [-0.1, -0.05) is 52.9 Å². The van der Waals surface area contributed by atoms with Crippen LogP contribution in [-0.2, 0) is 4.79 Å². The van der Waals surface area contributed by atoms with Crippen LogP contribution in [0.3, 0.4) is 0 Å². The predicted octanol–water partition coefficient (Wildman–Crippen LogP) is 3.90. The standard InChI is InChI=1S/C14H29NO/c1-5-8-10-13(7-3)14(11-9-6-2)15-12(4)16/h13-14H,5-11H2,1-4H3,(H,15,16). The highest BCUT2D eigenvalue weighted by molar-refractivity contribution is 5.73. The first-order chi connectivity index (χ1) is 7.65. The van der Waals surface area contributed by atoms with Gasteiger partial charge >= 0.3 is 0 Å². The summed E-state index contributed by atoms with van der Waals surface area (Å²) >= 11 is 0. The van der Waals surface area contributed by atoms with Gasteiger partial charge in [-0.3, -0.25) is 4.79 Å². The van der Waals surface area contributed by atoms with Gasteiger partial charge in [0.25, 0.3) is 0 Å². The molecule has 16 heavy (non-hydrogen) atoms. The molecule has 2 atom stereocenters. The number of hydrogen-bond donors (Lipinski definition) is 1. The Morgan fingerprint density at radius 1 is 1.06 bits per heavy atom. The van der Waals surface area contributed by atoms with Crippen LogP contribution in [-0.4, -0.2) is 11.9 Å². The van der Waals surface area contributed by atoms with E-state index in [1.165, 1.54) is 38.5 Å². The summed E-state index contributed by atoms with van der Waals surface area (Å²) in [5.41, 5.74) is 0. The molecule has 0 aliphatic carbocycles. The topological polar surface area (TPSA) is 29.1 Å². The molecule has 96 valence electrons. The van der Waals surface area contributed by atoms with Crippen LogP contribution in [0.1, 0.15) is 72.6 Å². The zero-order valence-electron chi connectivity index (χ0n) is 11.5. The van der Waals surface area contributed by atoms with E-state index >= 15 is 0 Å². The first-order valence-electron chi connectivity index (χ1n) is 6.92. The third-order valence-corrected chi connectivity index (χ3v) is 3.28. The molecular weight excluding hydrogens is 198 g/mol. The highest BCUT2D eigenvalue weighted by Crippen LogP contribution is 2.20. The molecule has 1 N–H and O–H groups in total. The molecule has 0 aliphatic rings. The fraction of sp³-hybridized carbons (Fsp3) is 0.929. The average Bonchev–Trinajstić information content (AvgIpc) is 2.25. The van der Waals surface area contributed by atoms with Crippen LogP contribution >= 0.6 is 0 Å². The Morgan fingerprint density at radius 2 is 1.62 bits per heavy atom. The smallest absolute Gasteiger partial charge is 0.217 e. The van der Waals surface area contributed by atoms with Crippen LogP contribution in [0.15, 0.2) is 0 Å². The summed E-state index contributed by atoms with van der Waals surface area (Å²) in [6.07, 6.45) is 8.51. The second-order valence-corrected chi connectivity index (χ2v) is 4.76. The molecule has 0 saturated heterocycles. The van der Waals surface area contributed by atoms with Gasteiger partial charge in [-0.25, -0.2) is 0 Å². The summed E-state index contributed by atoms with van der Waals surface area (Å²) in [5, 5.41) is 3.14. The minimum Gasteiger partial charge on any atom is -0.353 e. The molecule has 0 bridgehead atoms. The fourth-order valence-corrected chi connectivity index (χ4v) is 2.27. The zero-order valence-corrected chi connectivity index (χ0v) is 11.5. The number of hydrogen-bond acceptors (Lipinski definition) is 1. The number of carbonyl (C=O) groups excluding carboxylic acids is 1. The van der Waals surface area contributed by atoms with E-state index in [4.69, 9.17) is 0 Å². The van der Waals surface area contributed by atoms with Crippen molar-refractivity contribution in [1.29, 1.82) is 0 Å². The summed E-state index contributed by atoms with van der Waals surface area (Å²) in [6, 6.07) is 0.397. The summed E-state index contributed by atoms with van der Waals surface area (Å²) in [6.45, 7) is 8.30. The van der Waals surface area contributed by atoms with Gasteiger partial charge in [0.2, 0.25) is 5.91 Å². The van der Waals surface area contributed by atoms with Gasteiger partial charge in [0, 0.05) is 13.0 Å². The molecule has 0 fully saturated rings. The molecule has 1 amide bonds. The Hall–Kier alpha value is -0.530. The molecule has 0 heterocycles. The third-order valence-electron chi connectivity index (χ3n) is 3.28. The first-order valence-corrected chi connectivity index (χ1v) is 6.92. The summed E-state index contributed by atoms with van der Waals surface area (Å²) in [7, 11) is 0. The first kappa shape index (κ1) is 15.5. The van der Waals surface area contributed by atoms with Crippen LogP contribution in [0.2, 0.25) is 0 Å². The van der Waals surface area contributed by atoms with Crippen LogP contribution in [0.25, 0.3) is 0 Å². The normalized spacial score (nSPS) is 14.5. The lowest BCUT2D eigenvalue weighted by atomic mass is 9.88. The van der Waals surface area contributed by atoms with Crippen LogP contribution in [0.5, 0.6) is 0 Å².